The van der Waals surface area contributed by atoms with Gasteiger partial charge in [0, 0.05) is 56.5 Å². The van der Waals surface area contributed by atoms with Gasteiger partial charge in [0.25, 0.3) is 0 Å². The summed E-state index contributed by atoms with van der Waals surface area (Å²) in [7, 11) is 1.67. The van der Waals surface area contributed by atoms with Gasteiger partial charge >= 0.3 is 0 Å². The molecule has 11 N–H and O–H groups in total. The molecule has 1 aliphatic rings. The van der Waals surface area contributed by atoms with Crippen molar-refractivity contribution in [2.45, 2.75) is 101 Å². The number of nitrogens with one attached hydrogen (secondary N) is 7. The predicted octanol–water partition coefficient (Wildman–Crippen LogP) is 0.883. The molecule has 1 saturated heterocycles. The fourth-order valence-corrected chi connectivity index (χ4v) is 8.11. The summed E-state index contributed by atoms with van der Waals surface area (Å²) < 4.78 is 0. The Labute approximate surface area is 384 Å². The SMILES string of the molecule is CN[C@H](Cc1ccccc1)C(=O)NC(Cc1c[nH]c2ccccc12)C(=O)NC(CCCN=C(N)N)C(=O)NCCCC(NC(=O)[C@H](Cc1ccccc1)NC(C)=O)C(=O)N1CCCC1C=O. The third kappa shape index (κ3) is 15.0. The molecule has 6 atom stereocenters. The number of rotatable bonds is 25. The fourth-order valence-electron chi connectivity index (χ4n) is 8.11. The Kier molecular flexibility index (Phi) is 19.2. The van der Waals surface area contributed by atoms with Crippen molar-refractivity contribution in [3.05, 3.63) is 108 Å². The number of likely N-dealkylation sites (N-methyl/N-ethyl adjacent to an activating group) is 1. The molecule has 0 spiro atoms. The molecule has 0 aliphatic carbocycles. The van der Waals surface area contributed by atoms with Crippen LogP contribution in [0.3, 0.4) is 0 Å². The molecular weight excluding hydrogens is 843 g/mol. The Balaban J connectivity index is 1.30. The summed E-state index contributed by atoms with van der Waals surface area (Å²) in [6.45, 7) is 1.88. The molecule has 18 heteroatoms. The van der Waals surface area contributed by atoms with Gasteiger partial charge in [-0.1, -0.05) is 78.9 Å². The molecule has 4 aromatic rings. The smallest absolute Gasteiger partial charge is 0.245 e. The number of aldehydes is 1. The minimum Gasteiger partial charge on any atom is -0.370 e. The molecule has 0 radical (unpaired) electrons. The summed E-state index contributed by atoms with van der Waals surface area (Å²) in [5, 5.41) is 18.1. The number of guanidine groups is 1. The number of benzene rings is 3. The van der Waals surface area contributed by atoms with Gasteiger partial charge in [0.05, 0.1) is 12.1 Å². The summed E-state index contributed by atoms with van der Waals surface area (Å²) in [6.07, 6.45) is 5.07. The number of H-pyrrole nitrogens is 1. The third-order valence-corrected chi connectivity index (χ3v) is 11.6. The van der Waals surface area contributed by atoms with E-state index in [-0.39, 0.29) is 51.2 Å². The van der Waals surface area contributed by atoms with Crippen LogP contribution in [0.2, 0.25) is 0 Å². The van der Waals surface area contributed by atoms with Gasteiger partial charge in [0.1, 0.15) is 30.5 Å². The molecule has 2 heterocycles. The number of amides is 6. The van der Waals surface area contributed by atoms with Crippen molar-refractivity contribution in [3.8, 4) is 0 Å². The van der Waals surface area contributed by atoms with Crippen molar-refractivity contribution in [1.29, 1.82) is 0 Å². The standard InChI is InChI=1S/C48H63N11O7/c1-31(61)55-41(27-33-16-7-4-8-17-33)45(64)57-39(47(66)59-25-13-18-35(59)30-60)22-12-23-52-43(62)38(21-11-24-53-48(49)50)56-46(65)42(28-34-29-54-37-20-10-9-19-36(34)37)58-44(63)40(51-2)26-32-14-5-3-6-15-32/h3-10,14-17,19-20,29-30,35,38-42,51,54H,11-13,18,21-28H2,1-2H3,(H,52,62)(H,55,61)(H,56,65)(H,57,64)(H,58,63)(H4,49,50,53)/t35?,38?,39?,40-,41+,42?/m1/s1. The Bertz CT molecular complexity index is 2280. The van der Waals surface area contributed by atoms with Gasteiger partial charge in [0.2, 0.25) is 35.4 Å². The van der Waals surface area contributed by atoms with Gasteiger partial charge in [-0.05, 0) is 74.8 Å². The van der Waals surface area contributed by atoms with Crippen molar-refractivity contribution < 1.29 is 33.6 Å². The van der Waals surface area contributed by atoms with Gasteiger partial charge in [-0.3, -0.25) is 33.8 Å². The van der Waals surface area contributed by atoms with Crippen molar-refractivity contribution in [2.75, 3.05) is 26.7 Å². The first-order valence-corrected chi connectivity index (χ1v) is 22.4. The van der Waals surface area contributed by atoms with Crippen LogP contribution >= 0.6 is 0 Å². The van der Waals surface area contributed by atoms with Crippen LogP contribution in [-0.2, 0) is 52.8 Å². The summed E-state index contributed by atoms with van der Waals surface area (Å²) in [5.74, 6) is -3.07. The number of aromatic amines is 1. The van der Waals surface area contributed by atoms with Crippen molar-refractivity contribution >= 4 is 58.6 Å². The number of likely N-dealkylation sites (tertiary alicyclic amines) is 1. The van der Waals surface area contributed by atoms with E-state index in [9.17, 15) is 33.6 Å². The van der Waals surface area contributed by atoms with E-state index in [1.165, 1.54) is 11.8 Å². The van der Waals surface area contributed by atoms with Crippen LogP contribution in [0.4, 0.5) is 0 Å². The molecule has 5 rings (SSSR count). The molecule has 1 fully saturated rings. The lowest BCUT2D eigenvalue weighted by Crippen LogP contribution is -2.57. The molecule has 3 aromatic carbocycles. The van der Waals surface area contributed by atoms with Gasteiger partial charge in [-0.25, -0.2) is 0 Å². The maximum absolute atomic E-state index is 14.3. The molecule has 1 aliphatic heterocycles. The highest BCUT2D eigenvalue weighted by Crippen LogP contribution is 2.21. The highest BCUT2D eigenvalue weighted by molar-refractivity contribution is 5.95. The summed E-state index contributed by atoms with van der Waals surface area (Å²) in [4.78, 5) is 103. The number of carbonyl (C=O) groups is 7. The number of hydrogen-bond donors (Lipinski definition) is 9. The quantitative estimate of drug-likeness (QED) is 0.0196. The van der Waals surface area contributed by atoms with E-state index in [1.807, 2.05) is 84.9 Å². The zero-order valence-electron chi connectivity index (χ0n) is 37.6. The fraction of sp³-hybridized carbons (Fsp3) is 0.417. The van der Waals surface area contributed by atoms with Gasteiger partial charge in [-0.15, -0.1) is 0 Å². The van der Waals surface area contributed by atoms with Crippen molar-refractivity contribution in [2.24, 2.45) is 16.5 Å². The number of hydrogen-bond acceptors (Lipinski definition) is 9. The lowest BCUT2D eigenvalue weighted by Gasteiger charge is -2.28. The van der Waals surface area contributed by atoms with Gasteiger partial charge in [-0.2, -0.15) is 0 Å². The maximum Gasteiger partial charge on any atom is 0.245 e. The molecule has 18 nitrogen and oxygen atoms in total. The van der Waals surface area contributed by atoms with E-state index in [1.54, 1.807) is 13.2 Å². The second kappa shape index (κ2) is 25.4. The first kappa shape index (κ1) is 49.9. The average Bonchev–Trinajstić information content (AvgIpc) is 3.97. The van der Waals surface area contributed by atoms with Crippen LogP contribution in [0.15, 0.2) is 96.1 Å². The van der Waals surface area contributed by atoms with Crippen LogP contribution in [0.25, 0.3) is 10.9 Å². The Morgan fingerprint density at radius 3 is 1.94 bits per heavy atom. The molecule has 1 aromatic heterocycles. The van der Waals surface area contributed by atoms with Crippen molar-refractivity contribution in [1.82, 2.24) is 41.8 Å². The number of nitrogens with two attached hydrogens (primary N) is 2. The molecular formula is C48H63N11O7. The van der Waals surface area contributed by atoms with E-state index in [2.05, 4.69) is 41.9 Å². The molecule has 6 amide bonds. The minimum atomic E-state index is -1.09. The van der Waals surface area contributed by atoms with Crippen molar-refractivity contribution in [3.63, 3.8) is 0 Å². The third-order valence-electron chi connectivity index (χ3n) is 11.6. The van der Waals surface area contributed by atoms with Crippen LogP contribution in [0.5, 0.6) is 0 Å². The maximum atomic E-state index is 14.3. The lowest BCUT2D eigenvalue weighted by atomic mass is 10.0. The molecule has 66 heavy (non-hydrogen) atoms. The number of nitrogens with zero attached hydrogens (tertiary/aromatic N) is 2. The number of aliphatic imine (C=N–C) groups is 1. The van der Waals surface area contributed by atoms with Gasteiger partial charge < -0.3 is 58.0 Å². The summed E-state index contributed by atoms with van der Waals surface area (Å²) in [5.41, 5.74) is 14.5. The molecule has 352 valence electrons. The predicted molar refractivity (Wildman–Crippen MR) is 251 cm³/mol. The number of aromatic nitrogens is 1. The summed E-state index contributed by atoms with van der Waals surface area (Å²) in [6, 6.07) is 20.7. The lowest BCUT2D eigenvalue weighted by molar-refractivity contribution is -0.139. The zero-order chi connectivity index (χ0) is 47.4. The van der Waals surface area contributed by atoms with Crippen LogP contribution in [-0.4, -0.2) is 121 Å². The van der Waals surface area contributed by atoms with E-state index in [0.717, 1.165) is 33.9 Å². The van der Waals surface area contributed by atoms with E-state index >= 15 is 0 Å². The molecule has 0 saturated carbocycles. The Hall–Kier alpha value is -7.08. The summed E-state index contributed by atoms with van der Waals surface area (Å²) >= 11 is 0. The Morgan fingerprint density at radius 2 is 1.30 bits per heavy atom. The van der Waals surface area contributed by atoms with Crippen LogP contribution in [0.1, 0.15) is 62.1 Å². The largest absolute Gasteiger partial charge is 0.370 e. The number of fused-ring (bicyclic) bond motifs is 1. The highest BCUT2D eigenvalue weighted by atomic mass is 16.2. The molecule has 4 unspecified atom stereocenters. The zero-order valence-corrected chi connectivity index (χ0v) is 37.6. The van der Waals surface area contributed by atoms with E-state index in [4.69, 9.17) is 11.5 Å². The highest BCUT2D eigenvalue weighted by Gasteiger charge is 2.35. The molecule has 0 bridgehead atoms. The Morgan fingerprint density at radius 1 is 0.727 bits per heavy atom. The first-order chi connectivity index (χ1) is 31.9. The number of para-hydroxylation sites is 1. The average molecular weight is 906 g/mol. The van der Waals surface area contributed by atoms with E-state index in [0.29, 0.717) is 32.2 Å². The number of carbonyl (C=O) groups excluding carboxylic acids is 7. The van der Waals surface area contributed by atoms with Gasteiger partial charge in [0.15, 0.2) is 5.96 Å². The van der Waals surface area contributed by atoms with E-state index < -0.39 is 71.7 Å². The second-order valence-electron chi connectivity index (χ2n) is 16.5. The first-order valence-electron chi connectivity index (χ1n) is 22.4. The minimum absolute atomic E-state index is 0.0494. The van der Waals surface area contributed by atoms with Crippen LogP contribution in [0, 0.1) is 0 Å². The van der Waals surface area contributed by atoms with Crippen LogP contribution < -0.4 is 43.4 Å². The topological polar surface area (TPSA) is 275 Å². The normalized spacial score (nSPS) is 15.6. The second-order valence-corrected chi connectivity index (χ2v) is 16.5. The monoisotopic (exact) mass is 905 g/mol.